The summed E-state index contributed by atoms with van der Waals surface area (Å²) < 4.78 is 1.62. The van der Waals surface area contributed by atoms with Crippen LogP contribution < -0.4 is 0 Å². The quantitative estimate of drug-likeness (QED) is 0.617. The van der Waals surface area contributed by atoms with Crippen LogP contribution in [0.1, 0.15) is 22.3 Å². The SMILES string of the molecule is Cc1ccc(C)c(Cn2cc(C)c([N+](=O)[O-])n2)c1. The summed E-state index contributed by atoms with van der Waals surface area (Å²) in [6.45, 7) is 6.31. The van der Waals surface area contributed by atoms with E-state index >= 15 is 0 Å². The molecular formula is C13H15N3O2. The van der Waals surface area contributed by atoms with Crippen LogP contribution in [0, 0.1) is 30.9 Å². The normalized spacial score (nSPS) is 10.6. The lowest BCUT2D eigenvalue weighted by Gasteiger charge is -2.04. The van der Waals surface area contributed by atoms with Gasteiger partial charge in [-0.15, -0.1) is 0 Å². The van der Waals surface area contributed by atoms with Gasteiger partial charge in [-0.2, -0.15) is 4.68 Å². The van der Waals surface area contributed by atoms with Crippen molar-refractivity contribution in [2.75, 3.05) is 0 Å². The van der Waals surface area contributed by atoms with E-state index in [1.165, 1.54) is 5.56 Å². The molecule has 0 radical (unpaired) electrons. The monoisotopic (exact) mass is 245 g/mol. The van der Waals surface area contributed by atoms with Gasteiger partial charge in [0, 0.05) is 0 Å². The fraction of sp³-hybridized carbons (Fsp3) is 0.308. The average Bonchev–Trinajstić information content (AvgIpc) is 2.65. The molecule has 18 heavy (non-hydrogen) atoms. The standard InChI is InChI=1S/C13H15N3O2/c1-9-4-5-10(2)12(6-9)8-15-7-11(3)13(14-15)16(17)18/h4-7H,8H2,1-3H3. The summed E-state index contributed by atoms with van der Waals surface area (Å²) in [6.07, 6.45) is 1.71. The molecule has 5 nitrogen and oxygen atoms in total. The summed E-state index contributed by atoms with van der Waals surface area (Å²) in [5.41, 5.74) is 4.06. The molecule has 5 heteroatoms. The molecule has 0 saturated carbocycles. The Kier molecular flexibility index (Phi) is 3.14. The van der Waals surface area contributed by atoms with Crippen molar-refractivity contribution in [1.82, 2.24) is 9.78 Å². The Morgan fingerprint density at radius 1 is 1.28 bits per heavy atom. The Balaban J connectivity index is 2.31. The van der Waals surface area contributed by atoms with Crippen LogP contribution in [0.2, 0.25) is 0 Å². The molecule has 0 atom stereocenters. The molecule has 0 spiro atoms. The van der Waals surface area contributed by atoms with Gasteiger partial charge in [0.25, 0.3) is 0 Å². The highest BCUT2D eigenvalue weighted by Gasteiger charge is 2.17. The maximum atomic E-state index is 10.7. The molecule has 1 heterocycles. The number of benzene rings is 1. The van der Waals surface area contributed by atoms with E-state index in [2.05, 4.69) is 23.3 Å². The van der Waals surface area contributed by atoms with Gasteiger partial charge in [0.15, 0.2) is 0 Å². The lowest BCUT2D eigenvalue weighted by Crippen LogP contribution is -2.03. The van der Waals surface area contributed by atoms with Gasteiger partial charge in [-0.25, -0.2) is 0 Å². The molecule has 94 valence electrons. The summed E-state index contributed by atoms with van der Waals surface area (Å²) in [4.78, 5) is 10.3. The molecule has 2 aromatic rings. The molecule has 0 N–H and O–H groups in total. The predicted molar refractivity (Wildman–Crippen MR) is 68.6 cm³/mol. The number of nitro groups is 1. The number of hydrogen-bond acceptors (Lipinski definition) is 3. The van der Waals surface area contributed by atoms with Gasteiger partial charge < -0.3 is 10.1 Å². The molecule has 0 amide bonds. The Labute approximate surface area is 105 Å². The molecule has 0 aliphatic carbocycles. The predicted octanol–water partition coefficient (Wildman–Crippen LogP) is 2.76. The van der Waals surface area contributed by atoms with Crippen molar-refractivity contribution in [3.8, 4) is 0 Å². The summed E-state index contributed by atoms with van der Waals surface area (Å²) in [5.74, 6) is -0.0692. The maximum absolute atomic E-state index is 10.7. The summed E-state index contributed by atoms with van der Waals surface area (Å²) in [5, 5.41) is 14.7. The van der Waals surface area contributed by atoms with E-state index in [4.69, 9.17) is 0 Å². The van der Waals surface area contributed by atoms with Crippen molar-refractivity contribution in [1.29, 1.82) is 0 Å². The van der Waals surface area contributed by atoms with Crippen LogP contribution >= 0.6 is 0 Å². The topological polar surface area (TPSA) is 61.0 Å². The van der Waals surface area contributed by atoms with E-state index in [-0.39, 0.29) is 5.82 Å². The average molecular weight is 245 g/mol. The van der Waals surface area contributed by atoms with Crippen molar-refractivity contribution in [2.24, 2.45) is 0 Å². The largest absolute Gasteiger partial charge is 0.392 e. The number of nitrogens with zero attached hydrogens (tertiary/aromatic N) is 3. The van der Waals surface area contributed by atoms with Gasteiger partial charge in [-0.3, -0.25) is 0 Å². The van der Waals surface area contributed by atoms with Crippen LogP contribution in [0.4, 0.5) is 5.82 Å². The van der Waals surface area contributed by atoms with Crippen molar-refractivity contribution in [2.45, 2.75) is 27.3 Å². The Morgan fingerprint density at radius 3 is 2.61 bits per heavy atom. The minimum absolute atomic E-state index is 0.0692. The maximum Gasteiger partial charge on any atom is 0.392 e. The lowest BCUT2D eigenvalue weighted by molar-refractivity contribution is -0.390. The highest BCUT2D eigenvalue weighted by Crippen LogP contribution is 2.17. The minimum Gasteiger partial charge on any atom is -0.358 e. The zero-order chi connectivity index (χ0) is 13.3. The van der Waals surface area contributed by atoms with E-state index in [0.29, 0.717) is 12.1 Å². The van der Waals surface area contributed by atoms with Gasteiger partial charge in [0.1, 0.15) is 0 Å². The Morgan fingerprint density at radius 2 is 2.00 bits per heavy atom. The molecule has 1 aromatic heterocycles. The number of rotatable bonds is 3. The van der Waals surface area contributed by atoms with E-state index in [1.807, 2.05) is 13.8 Å². The smallest absolute Gasteiger partial charge is 0.358 e. The van der Waals surface area contributed by atoms with Gasteiger partial charge in [-0.1, -0.05) is 23.8 Å². The second-order valence-corrected chi connectivity index (χ2v) is 4.52. The van der Waals surface area contributed by atoms with Crippen molar-refractivity contribution in [3.05, 3.63) is 56.8 Å². The van der Waals surface area contributed by atoms with Crippen LogP contribution in [0.15, 0.2) is 24.4 Å². The second-order valence-electron chi connectivity index (χ2n) is 4.52. The molecule has 0 unspecified atom stereocenters. The van der Waals surface area contributed by atoms with Crippen LogP contribution in [0.25, 0.3) is 0 Å². The third kappa shape index (κ3) is 2.40. The fourth-order valence-electron chi connectivity index (χ4n) is 1.92. The molecule has 0 bridgehead atoms. The van der Waals surface area contributed by atoms with Gasteiger partial charge >= 0.3 is 5.82 Å². The van der Waals surface area contributed by atoms with Crippen LogP contribution in [0.5, 0.6) is 0 Å². The first-order chi connectivity index (χ1) is 8.47. The molecule has 0 aliphatic rings. The summed E-state index contributed by atoms with van der Waals surface area (Å²) in [7, 11) is 0. The molecule has 0 saturated heterocycles. The van der Waals surface area contributed by atoms with Gasteiger partial charge in [0.05, 0.1) is 23.4 Å². The van der Waals surface area contributed by atoms with E-state index in [0.717, 1.165) is 11.1 Å². The minimum atomic E-state index is -0.449. The first-order valence-corrected chi connectivity index (χ1v) is 5.72. The molecular weight excluding hydrogens is 230 g/mol. The highest BCUT2D eigenvalue weighted by atomic mass is 16.6. The summed E-state index contributed by atoms with van der Waals surface area (Å²) >= 11 is 0. The number of aryl methyl sites for hydroxylation is 3. The third-order valence-corrected chi connectivity index (χ3v) is 2.93. The molecule has 2 rings (SSSR count). The van der Waals surface area contributed by atoms with Crippen molar-refractivity contribution < 1.29 is 4.92 Å². The third-order valence-electron chi connectivity index (χ3n) is 2.93. The van der Waals surface area contributed by atoms with Gasteiger partial charge in [-0.05, 0) is 36.8 Å². The molecule has 0 aliphatic heterocycles. The first-order valence-electron chi connectivity index (χ1n) is 5.72. The Hall–Kier alpha value is -2.17. The van der Waals surface area contributed by atoms with Crippen LogP contribution in [-0.4, -0.2) is 14.7 Å². The van der Waals surface area contributed by atoms with E-state index in [9.17, 15) is 10.1 Å². The van der Waals surface area contributed by atoms with Crippen LogP contribution in [0.3, 0.4) is 0 Å². The Bertz CT molecular complexity index is 602. The number of hydrogen-bond donors (Lipinski definition) is 0. The fourth-order valence-corrected chi connectivity index (χ4v) is 1.92. The van der Waals surface area contributed by atoms with E-state index < -0.39 is 4.92 Å². The first kappa shape index (κ1) is 12.3. The second kappa shape index (κ2) is 4.60. The molecule has 1 aromatic carbocycles. The van der Waals surface area contributed by atoms with Gasteiger partial charge in [0.2, 0.25) is 0 Å². The summed E-state index contributed by atoms with van der Waals surface area (Å²) in [6, 6.07) is 6.18. The van der Waals surface area contributed by atoms with Crippen molar-refractivity contribution in [3.63, 3.8) is 0 Å². The zero-order valence-corrected chi connectivity index (χ0v) is 10.7. The van der Waals surface area contributed by atoms with E-state index in [1.54, 1.807) is 17.8 Å². The lowest BCUT2D eigenvalue weighted by atomic mass is 10.1. The molecule has 0 fully saturated rings. The highest BCUT2D eigenvalue weighted by molar-refractivity contribution is 5.32. The zero-order valence-electron chi connectivity index (χ0n) is 10.7. The van der Waals surface area contributed by atoms with Crippen molar-refractivity contribution >= 4 is 5.82 Å². The van der Waals surface area contributed by atoms with Crippen LogP contribution in [-0.2, 0) is 6.54 Å². The number of aromatic nitrogens is 2.